The van der Waals surface area contributed by atoms with Gasteiger partial charge in [0, 0.05) is 24.2 Å². The first-order valence-corrected chi connectivity index (χ1v) is 8.59. The molecule has 8 nitrogen and oxygen atoms in total. The van der Waals surface area contributed by atoms with Crippen LogP contribution in [0.1, 0.15) is 17.9 Å². The minimum atomic E-state index is -0.995. The molecule has 0 saturated heterocycles. The van der Waals surface area contributed by atoms with Crippen LogP contribution in [0.3, 0.4) is 0 Å². The van der Waals surface area contributed by atoms with Crippen LogP contribution in [0.15, 0.2) is 35.0 Å². The van der Waals surface area contributed by atoms with Gasteiger partial charge in [0.15, 0.2) is 5.82 Å². The van der Waals surface area contributed by atoms with Gasteiger partial charge in [-0.2, -0.15) is 4.98 Å². The van der Waals surface area contributed by atoms with Crippen molar-refractivity contribution in [1.29, 1.82) is 0 Å². The summed E-state index contributed by atoms with van der Waals surface area (Å²) in [6, 6.07) is 5.48. The van der Waals surface area contributed by atoms with Crippen molar-refractivity contribution in [2.75, 3.05) is 0 Å². The van der Waals surface area contributed by atoms with Crippen molar-refractivity contribution in [2.24, 2.45) is 5.73 Å². The van der Waals surface area contributed by atoms with Crippen molar-refractivity contribution in [3.63, 3.8) is 0 Å². The Bertz CT molecular complexity index is 1020. The highest BCUT2D eigenvalue weighted by Crippen LogP contribution is 2.29. The number of carbonyl (C=O) groups is 1. The van der Waals surface area contributed by atoms with E-state index in [1.165, 1.54) is 6.20 Å². The smallest absolute Gasteiger partial charge is 0.304 e. The maximum absolute atomic E-state index is 13.8. The predicted molar refractivity (Wildman–Crippen MR) is 105 cm³/mol. The molecule has 0 amide bonds. The molecule has 1 atom stereocenters. The monoisotopic (exact) mass is 442 g/mol. The number of carboxylic acids is 1. The summed E-state index contributed by atoms with van der Waals surface area (Å²) < 4.78 is 24.4. The number of rotatable bonds is 7. The Labute approximate surface area is 176 Å². The summed E-state index contributed by atoms with van der Waals surface area (Å²) in [4.78, 5) is 18.7. The number of halogens is 3. The first kappa shape index (κ1) is 22.5. The normalized spacial score (nSPS) is 11.6. The number of hydrogen-bond acceptors (Lipinski definition) is 7. The van der Waals surface area contributed by atoms with Gasteiger partial charge in [0.2, 0.25) is 11.7 Å². The fourth-order valence-electron chi connectivity index (χ4n) is 2.51. The number of carboxylic acid groups (broad SMARTS) is 1. The number of benzene rings is 1. The molecule has 0 saturated carbocycles. The van der Waals surface area contributed by atoms with E-state index in [0.29, 0.717) is 17.1 Å². The second kappa shape index (κ2) is 9.64. The minimum Gasteiger partial charge on any atom is -0.481 e. The molecule has 0 fully saturated rings. The highest BCUT2D eigenvalue weighted by molar-refractivity contribution is 6.30. The number of aromatic nitrogens is 3. The Morgan fingerprint density at radius 1 is 1.41 bits per heavy atom. The van der Waals surface area contributed by atoms with Crippen LogP contribution in [0.2, 0.25) is 5.02 Å². The van der Waals surface area contributed by atoms with Gasteiger partial charge in [-0.25, -0.2) is 9.37 Å². The lowest BCUT2D eigenvalue weighted by Gasteiger charge is -2.08. The summed E-state index contributed by atoms with van der Waals surface area (Å²) in [6.07, 6.45) is 1.25. The SMILES string of the molecule is Cc1cc(Oc2ncc(Cl)cc2F)ccc1-c1noc(CC(N)CC(=O)O)n1.Cl. The molecule has 3 N–H and O–H groups in total. The standard InChI is InChI=1S/C18H16ClFN4O4.ClH/c1-9-4-12(27-18-14(20)5-10(19)8-22-18)2-3-13(9)17-23-15(28-24-17)6-11(21)7-16(25)26;/h2-5,8,11H,6-7,21H2,1H3,(H,25,26);1H. The number of aliphatic carboxylic acids is 1. The largest absolute Gasteiger partial charge is 0.481 e. The van der Waals surface area contributed by atoms with Gasteiger partial charge in [-0.3, -0.25) is 4.79 Å². The van der Waals surface area contributed by atoms with Crippen molar-refractivity contribution in [2.45, 2.75) is 25.8 Å². The van der Waals surface area contributed by atoms with Crippen LogP contribution in [0.4, 0.5) is 4.39 Å². The third-order valence-corrected chi connectivity index (χ3v) is 3.98. The molecule has 11 heteroatoms. The van der Waals surface area contributed by atoms with Gasteiger partial charge in [0.05, 0.1) is 11.4 Å². The van der Waals surface area contributed by atoms with Crippen LogP contribution in [0.5, 0.6) is 11.6 Å². The molecule has 2 aromatic heterocycles. The van der Waals surface area contributed by atoms with Crippen molar-refractivity contribution in [1.82, 2.24) is 15.1 Å². The zero-order chi connectivity index (χ0) is 20.3. The van der Waals surface area contributed by atoms with E-state index in [9.17, 15) is 9.18 Å². The van der Waals surface area contributed by atoms with Crippen LogP contribution in [-0.4, -0.2) is 32.2 Å². The summed E-state index contributed by atoms with van der Waals surface area (Å²) in [6.45, 7) is 1.81. The van der Waals surface area contributed by atoms with Gasteiger partial charge >= 0.3 is 5.97 Å². The molecule has 29 heavy (non-hydrogen) atoms. The van der Waals surface area contributed by atoms with Crippen LogP contribution in [0, 0.1) is 12.7 Å². The predicted octanol–water partition coefficient (Wildman–Crippen LogP) is 3.79. The lowest BCUT2D eigenvalue weighted by atomic mass is 10.1. The molecule has 0 aliphatic rings. The van der Waals surface area contributed by atoms with Crippen LogP contribution in [-0.2, 0) is 11.2 Å². The number of nitrogens with zero attached hydrogens (tertiary/aromatic N) is 3. The van der Waals surface area contributed by atoms with Gasteiger partial charge in [0.1, 0.15) is 5.75 Å². The Morgan fingerprint density at radius 2 is 2.17 bits per heavy atom. The second-order valence-electron chi connectivity index (χ2n) is 6.09. The Balaban J connectivity index is 0.00000300. The van der Waals surface area contributed by atoms with E-state index in [0.717, 1.165) is 11.6 Å². The van der Waals surface area contributed by atoms with Crippen LogP contribution in [0.25, 0.3) is 11.4 Å². The van der Waals surface area contributed by atoms with Crippen LogP contribution >= 0.6 is 24.0 Å². The van der Waals surface area contributed by atoms with Gasteiger partial charge in [-0.05, 0) is 36.8 Å². The topological polar surface area (TPSA) is 124 Å². The number of aryl methyl sites for hydroxylation is 1. The molecule has 0 radical (unpaired) electrons. The highest BCUT2D eigenvalue weighted by atomic mass is 35.5. The zero-order valence-electron chi connectivity index (χ0n) is 15.1. The minimum absolute atomic E-state index is 0. The molecule has 0 aliphatic heterocycles. The summed E-state index contributed by atoms with van der Waals surface area (Å²) in [5.41, 5.74) is 7.17. The average Bonchev–Trinajstić information content (AvgIpc) is 3.04. The molecular weight excluding hydrogens is 426 g/mol. The van der Waals surface area contributed by atoms with Gasteiger partial charge < -0.3 is 20.1 Å². The molecule has 154 valence electrons. The fourth-order valence-corrected chi connectivity index (χ4v) is 2.65. The summed E-state index contributed by atoms with van der Waals surface area (Å²) in [5.74, 6) is -0.902. The van der Waals surface area contributed by atoms with E-state index in [-0.39, 0.29) is 42.0 Å². The Hall–Kier alpha value is -2.75. The van der Waals surface area contributed by atoms with Crippen LogP contribution < -0.4 is 10.5 Å². The maximum atomic E-state index is 13.8. The lowest BCUT2D eigenvalue weighted by Crippen LogP contribution is -2.26. The number of ether oxygens (including phenoxy) is 1. The molecular formula is C18H17Cl2FN4O4. The second-order valence-corrected chi connectivity index (χ2v) is 6.53. The van der Waals surface area contributed by atoms with Crippen molar-refractivity contribution < 1.29 is 23.6 Å². The Morgan fingerprint density at radius 3 is 2.83 bits per heavy atom. The third-order valence-electron chi connectivity index (χ3n) is 3.77. The highest BCUT2D eigenvalue weighted by Gasteiger charge is 2.16. The van der Waals surface area contributed by atoms with E-state index in [1.54, 1.807) is 25.1 Å². The maximum Gasteiger partial charge on any atom is 0.304 e. The quantitative estimate of drug-likeness (QED) is 0.565. The van der Waals surface area contributed by atoms with Gasteiger partial charge in [-0.15, -0.1) is 12.4 Å². The number of hydrogen-bond donors (Lipinski definition) is 2. The van der Waals surface area contributed by atoms with Crippen molar-refractivity contribution in [3.8, 4) is 23.0 Å². The fraction of sp³-hybridized carbons (Fsp3) is 0.222. The van der Waals surface area contributed by atoms with E-state index in [2.05, 4.69) is 15.1 Å². The van der Waals surface area contributed by atoms with E-state index < -0.39 is 17.8 Å². The lowest BCUT2D eigenvalue weighted by molar-refractivity contribution is -0.137. The zero-order valence-corrected chi connectivity index (χ0v) is 16.7. The summed E-state index contributed by atoms with van der Waals surface area (Å²) in [7, 11) is 0. The number of pyridine rings is 1. The molecule has 3 rings (SSSR count). The van der Waals surface area contributed by atoms with E-state index in [1.807, 2.05) is 0 Å². The molecule has 0 bridgehead atoms. The van der Waals surface area contributed by atoms with Gasteiger partial charge in [-0.1, -0.05) is 16.8 Å². The summed E-state index contributed by atoms with van der Waals surface area (Å²) in [5, 5.41) is 12.8. The summed E-state index contributed by atoms with van der Waals surface area (Å²) >= 11 is 5.67. The Kier molecular flexibility index (Phi) is 7.49. The molecule has 0 aliphatic carbocycles. The molecule has 1 unspecified atom stereocenters. The molecule has 0 spiro atoms. The van der Waals surface area contributed by atoms with Crippen molar-refractivity contribution in [3.05, 3.63) is 52.8 Å². The van der Waals surface area contributed by atoms with Gasteiger partial charge in [0.25, 0.3) is 5.88 Å². The first-order chi connectivity index (χ1) is 13.3. The first-order valence-electron chi connectivity index (χ1n) is 8.21. The average molecular weight is 443 g/mol. The third kappa shape index (κ3) is 5.86. The van der Waals surface area contributed by atoms with E-state index >= 15 is 0 Å². The number of nitrogens with two attached hydrogens (primary N) is 1. The molecule has 1 aromatic carbocycles. The van der Waals surface area contributed by atoms with E-state index in [4.69, 9.17) is 31.7 Å². The molecule has 2 heterocycles. The van der Waals surface area contributed by atoms with Crippen molar-refractivity contribution >= 4 is 30.0 Å². The molecule has 3 aromatic rings.